The van der Waals surface area contributed by atoms with Crippen LogP contribution in [0.1, 0.15) is 11.1 Å². The van der Waals surface area contributed by atoms with Gasteiger partial charge in [0.2, 0.25) is 0 Å². The molecule has 5 aromatic rings. The molecule has 0 fully saturated rings. The lowest BCUT2D eigenvalue weighted by atomic mass is 10.2. The van der Waals surface area contributed by atoms with E-state index in [2.05, 4.69) is 20.7 Å². The lowest BCUT2D eigenvalue weighted by Crippen LogP contribution is -2.20. The molecule has 39 heavy (non-hydrogen) atoms. The van der Waals surface area contributed by atoms with Gasteiger partial charge in [-0.25, -0.2) is 5.43 Å². The van der Waals surface area contributed by atoms with Crippen LogP contribution in [0.4, 0.5) is 0 Å². The third kappa shape index (κ3) is 7.13. The Labute approximate surface area is 235 Å². The van der Waals surface area contributed by atoms with Crippen molar-refractivity contribution in [2.24, 2.45) is 5.10 Å². The van der Waals surface area contributed by atoms with Crippen molar-refractivity contribution in [1.82, 2.24) is 20.2 Å². The van der Waals surface area contributed by atoms with E-state index in [1.165, 1.54) is 11.8 Å². The number of nitrogens with one attached hydrogen (secondary N) is 1. The highest BCUT2D eigenvalue weighted by Crippen LogP contribution is 2.28. The predicted molar refractivity (Wildman–Crippen MR) is 155 cm³/mol. The van der Waals surface area contributed by atoms with Gasteiger partial charge in [0.25, 0.3) is 5.91 Å². The van der Waals surface area contributed by atoms with Crippen LogP contribution in [0.15, 0.2) is 119 Å². The van der Waals surface area contributed by atoms with Gasteiger partial charge in [0.15, 0.2) is 11.0 Å². The number of thioether (sulfide) groups is 1. The molecule has 5 rings (SSSR count). The number of carbonyl (C=O) groups is 1. The molecule has 1 N–H and O–H groups in total. The Morgan fingerprint density at radius 3 is 2.44 bits per heavy atom. The summed E-state index contributed by atoms with van der Waals surface area (Å²) in [6.45, 7) is 0.474. The number of nitrogens with zero attached hydrogens (tertiary/aromatic N) is 4. The number of amides is 1. The number of hydrazone groups is 1. The van der Waals surface area contributed by atoms with Crippen molar-refractivity contribution in [2.45, 2.75) is 11.8 Å². The normalized spacial score (nSPS) is 11.0. The van der Waals surface area contributed by atoms with Gasteiger partial charge in [0.05, 0.1) is 12.0 Å². The van der Waals surface area contributed by atoms with E-state index >= 15 is 0 Å². The van der Waals surface area contributed by atoms with Gasteiger partial charge in [-0.15, -0.1) is 10.2 Å². The highest BCUT2D eigenvalue weighted by atomic mass is 35.5. The second-order valence-corrected chi connectivity index (χ2v) is 9.79. The van der Waals surface area contributed by atoms with Crippen molar-refractivity contribution in [1.29, 1.82) is 0 Å². The largest absolute Gasteiger partial charge is 0.489 e. The van der Waals surface area contributed by atoms with Gasteiger partial charge in [-0.2, -0.15) is 5.10 Å². The summed E-state index contributed by atoms with van der Waals surface area (Å²) in [6.07, 6.45) is 1.58. The van der Waals surface area contributed by atoms with E-state index in [0.29, 0.717) is 22.6 Å². The third-order valence-corrected chi connectivity index (χ3v) is 6.77. The third-order valence-electron chi connectivity index (χ3n) is 5.59. The van der Waals surface area contributed by atoms with Crippen LogP contribution in [-0.4, -0.2) is 32.6 Å². The average Bonchev–Trinajstić information content (AvgIpc) is 3.41. The van der Waals surface area contributed by atoms with Crippen molar-refractivity contribution in [3.05, 3.63) is 125 Å². The minimum absolute atomic E-state index is 0.109. The summed E-state index contributed by atoms with van der Waals surface area (Å²) >= 11 is 7.37. The Balaban J connectivity index is 1.21. The number of ether oxygens (including phenoxy) is 1. The molecule has 194 valence electrons. The van der Waals surface area contributed by atoms with E-state index in [9.17, 15) is 4.79 Å². The number of benzene rings is 4. The maximum Gasteiger partial charge on any atom is 0.250 e. The summed E-state index contributed by atoms with van der Waals surface area (Å²) in [5.41, 5.74) is 6.23. The van der Waals surface area contributed by atoms with E-state index in [4.69, 9.17) is 16.3 Å². The molecular weight excluding hydrogens is 530 g/mol. The summed E-state index contributed by atoms with van der Waals surface area (Å²) in [6, 6.07) is 34.6. The van der Waals surface area contributed by atoms with E-state index in [0.717, 1.165) is 28.1 Å². The van der Waals surface area contributed by atoms with Gasteiger partial charge in [-0.1, -0.05) is 96.2 Å². The molecule has 1 heterocycles. The highest BCUT2D eigenvalue weighted by Gasteiger charge is 2.17. The summed E-state index contributed by atoms with van der Waals surface area (Å²) in [5.74, 6) is 1.24. The summed E-state index contributed by atoms with van der Waals surface area (Å²) in [5, 5.41) is 14.1. The van der Waals surface area contributed by atoms with Gasteiger partial charge in [0.1, 0.15) is 12.4 Å². The summed E-state index contributed by atoms with van der Waals surface area (Å²) in [4.78, 5) is 12.6. The number of rotatable bonds is 10. The Hall–Kier alpha value is -4.40. The fourth-order valence-electron chi connectivity index (χ4n) is 3.73. The predicted octanol–water partition coefficient (Wildman–Crippen LogP) is 6.41. The van der Waals surface area contributed by atoms with Crippen LogP contribution in [0, 0.1) is 0 Å². The molecule has 7 nitrogen and oxygen atoms in total. The van der Waals surface area contributed by atoms with E-state index in [1.54, 1.807) is 6.21 Å². The van der Waals surface area contributed by atoms with Crippen molar-refractivity contribution in [3.8, 4) is 22.8 Å². The SMILES string of the molecule is O=C(CSc1nnc(-c2ccccc2)n1-c1ccc(Cl)cc1)NN=Cc1cccc(OCc2ccccc2)c1. The van der Waals surface area contributed by atoms with Crippen LogP contribution in [0.25, 0.3) is 17.1 Å². The van der Waals surface area contributed by atoms with Crippen LogP contribution in [0.3, 0.4) is 0 Å². The van der Waals surface area contributed by atoms with Gasteiger partial charge in [-0.05, 0) is 47.5 Å². The molecule has 0 aliphatic carbocycles. The number of hydrogen-bond donors (Lipinski definition) is 1. The van der Waals surface area contributed by atoms with Gasteiger partial charge in [-0.3, -0.25) is 9.36 Å². The highest BCUT2D eigenvalue weighted by molar-refractivity contribution is 7.99. The molecule has 0 spiro atoms. The second-order valence-electron chi connectivity index (χ2n) is 8.41. The van der Waals surface area contributed by atoms with Crippen LogP contribution < -0.4 is 10.2 Å². The van der Waals surface area contributed by atoms with Crippen molar-refractivity contribution in [2.75, 3.05) is 5.75 Å². The first-order chi connectivity index (χ1) is 19.2. The molecule has 4 aromatic carbocycles. The molecule has 1 aromatic heterocycles. The Morgan fingerprint density at radius 1 is 0.923 bits per heavy atom. The minimum Gasteiger partial charge on any atom is -0.489 e. The standard InChI is InChI=1S/C30H24ClN5O2S/c31-25-14-16-26(17-15-25)36-29(24-11-5-2-6-12-24)34-35-30(36)39-21-28(37)33-32-19-23-10-7-13-27(18-23)38-20-22-8-3-1-4-9-22/h1-19H,20-21H2,(H,33,37). The minimum atomic E-state index is -0.264. The van der Waals surface area contributed by atoms with Crippen molar-refractivity contribution < 1.29 is 9.53 Å². The number of hydrogen-bond acceptors (Lipinski definition) is 6. The zero-order valence-corrected chi connectivity index (χ0v) is 22.3. The molecule has 9 heteroatoms. The first-order valence-electron chi connectivity index (χ1n) is 12.1. The van der Waals surface area contributed by atoms with Crippen LogP contribution in [-0.2, 0) is 11.4 Å². The average molecular weight is 554 g/mol. The Kier molecular flexibility index (Phi) is 8.68. The van der Waals surface area contributed by atoms with Gasteiger partial charge < -0.3 is 4.74 Å². The van der Waals surface area contributed by atoms with Crippen LogP contribution >= 0.6 is 23.4 Å². The molecule has 0 aliphatic heterocycles. The summed E-state index contributed by atoms with van der Waals surface area (Å²) < 4.78 is 7.77. The Bertz CT molecular complexity index is 1560. The van der Waals surface area contributed by atoms with E-state index < -0.39 is 0 Å². The summed E-state index contributed by atoms with van der Waals surface area (Å²) in [7, 11) is 0. The molecular formula is C30H24ClN5O2S. The lowest BCUT2D eigenvalue weighted by Gasteiger charge is -2.10. The van der Waals surface area contributed by atoms with Crippen molar-refractivity contribution >= 4 is 35.5 Å². The molecule has 0 unspecified atom stereocenters. The molecule has 0 bridgehead atoms. The van der Waals surface area contributed by atoms with Gasteiger partial charge >= 0.3 is 0 Å². The smallest absolute Gasteiger partial charge is 0.250 e. The van der Waals surface area contributed by atoms with Crippen LogP contribution in [0.2, 0.25) is 5.02 Å². The van der Waals surface area contributed by atoms with E-state index in [-0.39, 0.29) is 11.7 Å². The topological polar surface area (TPSA) is 81.4 Å². The number of halogens is 1. The van der Waals surface area contributed by atoms with E-state index in [1.807, 2.05) is 114 Å². The Morgan fingerprint density at radius 2 is 1.67 bits per heavy atom. The lowest BCUT2D eigenvalue weighted by molar-refractivity contribution is -0.118. The zero-order chi connectivity index (χ0) is 26.9. The molecule has 0 aliphatic rings. The quantitative estimate of drug-likeness (QED) is 0.123. The maximum atomic E-state index is 12.6. The number of aromatic nitrogens is 3. The number of carbonyl (C=O) groups excluding carboxylic acids is 1. The molecule has 0 radical (unpaired) electrons. The maximum absolute atomic E-state index is 12.6. The first-order valence-corrected chi connectivity index (χ1v) is 13.5. The molecule has 0 saturated heterocycles. The molecule has 1 amide bonds. The molecule has 0 saturated carbocycles. The fraction of sp³-hybridized carbons (Fsp3) is 0.0667. The van der Waals surface area contributed by atoms with Gasteiger partial charge in [0, 0.05) is 16.3 Å². The first kappa shape index (κ1) is 26.2. The van der Waals surface area contributed by atoms with Crippen LogP contribution in [0.5, 0.6) is 5.75 Å². The molecule has 0 atom stereocenters. The fourth-order valence-corrected chi connectivity index (χ4v) is 4.60. The van der Waals surface area contributed by atoms with Crippen molar-refractivity contribution in [3.63, 3.8) is 0 Å². The zero-order valence-electron chi connectivity index (χ0n) is 20.8. The second kappa shape index (κ2) is 12.9. The monoisotopic (exact) mass is 553 g/mol.